The molecule has 0 unspecified atom stereocenters. The average Bonchev–Trinajstić information content (AvgIpc) is 2.16. The molecule has 1 aliphatic heterocycles. The summed E-state index contributed by atoms with van der Waals surface area (Å²) in [7, 11) is 1.59. The van der Waals surface area contributed by atoms with Crippen LogP contribution < -0.4 is 9.47 Å². The van der Waals surface area contributed by atoms with Gasteiger partial charge in [-0.2, -0.15) is 0 Å². The standard InChI is InChI=1S/C10H10O3/c1-12-9-4-2-3-7-5-8(11)6-13-10(7)9/h2-5,11H,6H2,1H3. The zero-order valence-corrected chi connectivity index (χ0v) is 7.28. The summed E-state index contributed by atoms with van der Waals surface area (Å²) in [4.78, 5) is 0. The highest BCUT2D eigenvalue weighted by Crippen LogP contribution is 2.34. The lowest BCUT2D eigenvalue weighted by Gasteiger charge is -2.16. The molecular weight excluding hydrogens is 168 g/mol. The molecule has 1 aromatic rings. The van der Waals surface area contributed by atoms with E-state index in [9.17, 15) is 5.11 Å². The van der Waals surface area contributed by atoms with E-state index in [-0.39, 0.29) is 12.4 Å². The van der Waals surface area contributed by atoms with Gasteiger partial charge in [0.15, 0.2) is 11.5 Å². The van der Waals surface area contributed by atoms with Crippen molar-refractivity contribution in [2.45, 2.75) is 0 Å². The summed E-state index contributed by atoms with van der Waals surface area (Å²) in [5.74, 6) is 1.63. The lowest BCUT2D eigenvalue weighted by Crippen LogP contribution is -2.07. The van der Waals surface area contributed by atoms with Crippen molar-refractivity contribution in [3.8, 4) is 11.5 Å². The number of rotatable bonds is 1. The molecule has 0 atom stereocenters. The van der Waals surface area contributed by atoms with E-state index in [1.54, 1.807) is 13.2 Å². The van der Waals surface area contributed by atoms with Gasteiger partial charge in [0, 0.05) is 5.56 Å². The average molecular weight is 178 g/mol. The number of aliphatic hydroxyl groups is 1. The van der Waals surface area contributed by atoms with Crippen LogP contribution in [-0.4, -0.2) is 18.8 Å². The Balaban J connectivity index is 2.52. The van der Waals surface area contributed by atoms with E-state index in [4.69, 9.17) is 9.47 Å². The Hall–Kier alpha value is -1.64. The first-order chi connectivity index (χ1) is 6.31. The Morgan fingerprint density at radius 3 is 3.08 bits per heavy atom. The molecular formula is C10H10O3. The number of ether oxygens (including phenoxy) is 2. The van der Waals surface area contributed by atoms with Crippen LogP contribution in [-0.2, 0) is 0 Å². The number of hydrogen-bond donors (Lipinski definition) is 1. The van der Waals surface area contributed by atoms with Crippen molar-refractivity contribution in [1.29, 1.82) is 0 Å². The van der Waals surface area contributed by atoms with Crippen molar-refractivity contribution >= 4 is 6.08 Å². The largest absolute Gasteiger partial charge is 0.509 e. The second-order valence-electron chi connectivity index (χ2n) is 2.80. The molecule has 1 aromatic carbocycles. The molecule has 0 aromatic heterocycles. The topological polar surface area (TPSA) is 38.7 Å². The van der Waals surface area contributed by atoms with Crippen LogP contribution in [0.3, 0.4) is 0 Å². The van der Waals surface area contributed by atoms with Gasteiger partial charge in [-0.15, -0.1) is 0 Å². The molecule has 0 aliphatic carbocycles. The second kappa shape index (κ2) is 3.01. The van der Waals surface area contributed by atoms with Gasteiger partial charge in [0.2, 0.25) is 0 Å². The fourth-order valence-electron chi connectivity index (χ4n) is 1.33. The first kappa shape index (κ1) is 7.98. The van der Waals surface area contributed by atoms with E-state index in [2.05, 4.69) is 0 Å². The van der Waals surface area contributed by atoms with Crippen molar-refractivity contribution in [3.05, 3.63) is 29.5 Å². The highest BCUT2D eigenvalue weighted by molar-refractivity contribution is 5.65. The van der Waals surface area contributed by atoms with E-state index >= 15 is 0 Å². The summed E-state index contributed by atoms with van der Waals surface area (Å²) in [5, 5.41) is 9.21. The van der Waals surface area contributed by atoms with Gasteiger partial charge >= 0.3 is 0 Å². The third-order valence-corrected chi connectivity index (χ3v) is 1.92. The summed E-state index contributed by atoms with van der Waals surface area (Å²) < 4.78 is 10.4. The van der Waals surface area contributed by atoms with Crippen LogP contribution in [0.4, 0.5) is 0 Å². The van der Waals surface area contributed by atoms with Crippen molar-refractivity contribution in [2.75, 3.05) is 13.7 Å². The summed E-state index contributed by atoms with van der Waals surface area (Å²) in [6, 6.07) is 5.55. The number of methoxy groups -OCH3 is 1. The summed E-state index contributed by atoms with van der Waals surface area (Å²) in [6.45, 7) is 0.216. The maximum atomic E-state index is 9.21. The van der Waals surface area contributed by atoms with Gasteiger partial charge in [-0.25, -0.2) is 0 Å². The fraction of sp³-hybridized carbons (Fsp3) is 0.200. The van der Waals surface area contributed by atoms with Gasteiger partial charge in [0.25, 0.3) is 0 Å². The zero-order chi connectivity index (χ0) is 9.26. The van der Waals surface area contributed by atoms with Gasteiger partial charge in [-0.1, -0.05) is 12.1 Å². The number of para-hydroxylation sites is 1. The van der Waals surface area contributed by atoms with Gasteiger partial charge in [0.05, 0.1) is 7.11 Å². The van der Waals surface area contributed by atoms with Crippen LogP contribution >= 0.6 is 0 Å². The minimum absolute atomic E-state index is 0.216. The molecule has 0 fully saturated rings. The Morgan fingerprint density at radius 2 is 2.31 bits per heavy atom. The first-order valence-corrected chi connectivity index (χ1v) is 4.00. The van der Waals surface area contributed by atoms with Gasteiger partial charge < -0.3 is 14.6 Å². The van der Waals surface area contributed by atoms with Crippen LogP contribution in [0.2, 0.25) is 0 Å². The highest BCUT2D eigenvalue weighted by Gasteiger charge is 2.14. The second-order valence-corrected chi connectivity index (χ2v) is 2.80. The molecule has 0 bridgehead atoms. The molecule has 0 spiro atoms. The Morgan fingerprint density at radius 1 is 1.46 bits per heavy atom. The van der Waals surface area contributed by atoms with Crippen LogP contribution in [0.25, 0.3) is 6.08 Å². The van der Waals surface area contributed by atoms with Crippen molar-refractivity contribution in [3.63, 3.8) is 0 Å². The Kier molecular flexibility index (Phi) is 1.85. The molecule has 1 heterocycles. The van der Waals surface area contributed by atoms with E-state index in [1.165, 1.54) is 0 Å². The molecule has 1 aliphatic rings. The number of benzene rings is 1. The quantitative estimate of drug-likeness (QED) is 0.714. The molecule has 0 saturated heterocycles. The van der Waals surface area contributed by atoms with Gasteiger partial charge in [0.1, 0.15) is 12.4 Å². The monoisotopic (exact) mass is 178 g/mol. The number of hydrogen-bond acceptors (Lipinski definition) is 3. The van der Waals surface area contributed by atoms with Gasteiger partial charge in [-0.05, 0) is 12.1 Å². The van der Waals surface area contributed by atoms with Crippen LogP contribution in [0.5, 0.6) is 11.5 Å². The fourth-order valence-corrected chi connectivity index (χ4v) is 1.33. The van der Waals surface area contributed by atoms with Crippen molar-refractivity contribution in [1.82, 2.24) is 0 Å². The van der Waals surface area contributed by atoms with Crippen molar-refractivity contribution < 1.29 is 14.6 Å². The molecule has 13 heavy (non-hydrogen) atoms. The minimum atomic E-state index is 0.216. The Bertz CT molecular complexity index is 355. The SMILES string of the molecule is COc1cccc2c1OCC(O)=C2. The molecule has 0 amide bonds. The lowest BCUT2D eigenvalue weighted by atomic mass is 10.1. The first-order valence-electron chi connectivity index (χ1n) is 4.00. The zero-order valence-electron chi connectivity index (χ0n) is 7.28. The maximum absolute atomic E-state index is 9.21. The normalized spacial score (nSPS) is 14.1. The molecule has 68 valence electrons. The van der Waals surface area contributed by atoms with E-state index < -0.39 is 0 Å². The summed E-state index contributed by atoms with van der Waals surface area (Å²) in [6.07, 6.45) is 1.68. The predicted molar refractivity (Wildman–Crippen MR) is 49.1 cm³/mol. The highest BCUT2D eigenvalue weighted by atomic mass is 16.5. The lowest BCUT2D eigenvalue weighted by molar-refractivity contribution is 0.256. The summed E-state index contributed by atoms with van der Waals surface area (Å²) >= 11 is 0. The van der Waals surface area contributed by atoms with Crippen LogP contribution in [0, 0.1) is 0 Å². The van der Waals surface area contributed by atoms with Gasteiger partial charge in [-0.3, -0.25) is 0 Å². The third-order valence-electron chi connectivity index (χ3n) is 1.92. The molecule has 0 radical (unpaired) electrons. The molecule has 0 saturated carbocycles. The molecule has 2 rings (SSSR count). The Labute approximate surface area is 76.2 Å². The van der Waals surface area contributed by atoms with E-state index in [0.29, 0.717) is 11.5 Å². The minimum Gasteiger partial charge on any atom is -0.509 e. The maximum Gasteiger partial charge on any atom is 0.169 e. The van der Waals surface area contributed by atoms with E-state index in [1.807, 2.05) is 18.2 Å². The number of fused-ring (bicyclic) bond motifs is 1. The van der Waals surface area contributed by atoms with Crippen molar-refractivity contribution in [2.24, 2.45) is 0 Å². The smallest absolute Gasteiger partial charge is 0.169 e. The van der Waals surface area contributed by atoms with E-state index in [0.717, 1.165) is 5.56 Å². The summed E-state index contributed by atoms with van der Waals surface area (Å²) in [5.41, 5.74) is 0.850. The number of aliphatic hydroxyl groups excluding tert-OH is 1. The molecule has 1 N–H and O–H groups in total. The van der Waals surface area contributed by atoms with Crippen LogP contribution in [0.15, 0.2) is 24.0 Å². The predicted octanol–water partition coefficient (Wildman–Crippen LogP) is 1.99. The van der Waals surface area contributed by atoms with Crippen LogP contribution in [0.1, 0.15) is 5.56 Å². The molecule has 3 nitrogen and oxygen atoms in total. The molecule has 3 heteroatoms. The third kappa shape index (κ3) is 1.33.